The molecule has 7 nitrogen and oxygen atoms in total. The number of ether oxygens (including phenoxy) is 1. The van der Waals surface area contributed by atoms with Gasteiger partial charge in [-0.15, -0.1) is 0 Å². The summed E-state index contributed by atoms with van der Waals surface area (Å²) < 4.78 is 7.47. The van der Waals surface area contributed by atoms with Crippen molar-refractivity contribution < 1.29 is 14.3 Å². The number of carbonyl (C=O) groups is 2. The number of anilines is 1. The standard InChI is InChI=1S/C17H20N4O3/c1-10-9-14(11(2)21(10)13-5-6-13)16(23)24-12(3)15(22)20-17-18-7-4-8-19-17/h4,7-9,12-13H,5-6H2,1-3H3,(H,18,19,20,22)/t12-/m0/s1. The molecule has 2 aromatic heterocycles. The normalized spacial score (nSPS) is 15.0. The molecule has 1 N–H and O–H groups in total. The minimum Gasteiger partial charge on any atom is -0.449 e. The van der Waals surface area contributed by atoms with E-state index in [0.29, 0.717) is 11.6 Å². The van der Waals surface area contributed by atoms with Gasteiger partial charge in [-0.3, -0.25) is 10.1 Å². The van der Waals surface area contributed by atoms with Gasteiger partial charge in [0.2, 0.25) is 5.95 Å². The first-order valence-corrected chi connectivity index (χ1v) is 7.94. The predicted molar refractivity (Wildman–Crippen MR) is 87.7 cm³/mol. The van der Waals surface area contributed by atoms with Gasteiger partial charge in [-0.05, 0) is 45.7 Å². The van der Waals surface area contributed by atoms with E-state index in [0.717, 1.165) is 24.2 Å². The van der Waals surface area contributed by atoms with Crippen LogP contribution in [-0.4, -0.2) is 32.5 Å². The number of amides is 1. The molecule has 7 heteroatoms. The molecule has 0 bridgehead atoms. The molecule has 0 spiro atoms. The van der Waals surface area contributed by atoms with E-state index in [1.54, 1.807) is 6.07 Å². The van der Waals surface area contributed by atoms with Crippen LogP contribution in [0.15, 0.2) is 24.5 Å². The summed E-state index contributed by atoms with van der Waals surface area (Å²) in [7, 11) is 0. The molecule has 1 amide bonds. The Bertz CT molecular complexity index is 766. The zero-order valence-electron chi connectivity index (χ0n) is 13.9. The number of esters is 1. The van der Waals surface area contributed by atoms with Gasteiger partial charge in [-0.1, -0.05) is 0 Å². The van der Waals surface area contributed by atoms with Crippen molar-refractivity contribution in [3.8, 4) is 0 Å². The van der Waals surface area contributed by atoms with Crippen LogP contribution in [0.4, 0.5) is 5.95 Å². The molecule has 1 fully saturated rings. The van der Waals surface area contributed by atoms with Crippen LogP contribution in [0.25, 0.3) is 0 Å². The Kier molecular flexibility index (Phi) is 4.33. The molecule has 24 heavy (non-hydrogen) atoms. The molecular weight excluding hydrogens is 308 g/mol. The smallest absolute Gasteiger partial charge is 0.340 e. The van der Waals surface area contributed by atoms with Gasteiger partial charge in [-0.25, -0.2) is 14.8 Å². The highest BCUT2D eigenvalue weighted by Gasteiger charge is 2.29. The van der Waals surface area contributed by atoms with E-state index in [1.165, 1.54) is 19.3 Å². The maximum absolute atomic E-state index is 12.4. The Morgan fingerprint density at radius 3 is 2.58 bits per heavy atom. The second-order valence-electron chi connectivity index (χ2n) is 6.00. The first-order chi connectivity index (χ1) is 11.5. The molecule has 2 heterocycles. The first-order valence-electron chi connectivity index (χ1n) is 7.94. The minimum absolute atomic E-state index is 0.178. The zero-order chi connectivity index (χ0) is 17.3. The van der Waals surface area contributed by atoms with Crippen LogP contribution in [0.2, 0.25) is 0 Å². The number of aryl methyl sites for hydroxylation is 1. The van der Waals surface area contributed by atoms with Gasteiger partial charge in [0.15, 0.2) is 6.10 Å². The molecule has 2 aromatic rings. The summed E-state index contributed by atoms with van der Waals surface area (Å²) in [5.41, 5.74) is 2.44. The molecule has 0 aromatic carbocycles. The SMILES string of the molecule is Cc1cc(C(=O)O[C@@H](C)C(=O)Nc2ncccn2)c(C)n1C1CC1. The fourth-order valence-electron chi connectivity index (χ4n) is 2.73. The Morgan fingerprint density at radius 2 is 1.96 bits per heavy atom. The highest BCUT2D eigenvalue weighted by Crippen LogP contribution is 2.38. The second-order valence-corrected chi connectivity index (χ2v) is 6.00. The van der Waals surface area contributed by atoms with Gasteiger partial charge in [0.25, 0.3) is 5.91 Å². The number of carbonyl (C=O) groups excluding carboxylic acids is 2. The Balaban J connectivity index is 1.66. The summed E-state index contributed by atoms with van der Waals surface area (Å²) in [6.45, 7) is 5.41. The topological polar surface area (TPSA) is 86.1 Å². The first kappa shape index (κ1) is 16.2. The van der Waals surface area contributed by atoms with Gasteiger partial charge in [0.05, 0.1) is 5.56 Å². The highest BCUT2D eigenvalue weighted by molar-refractivity contribution is 5.97. The monoisotopic (exact) mass is 328 g/mol. The fourth-order valence-corrected chi connectivity index (χ4v) is 2.73. The van der Waals surface area contributed by atoms with E-state index in [2.05, 4.69) is 19.9 Å². The van der Waals surface area contributed by atoms with Crippen LogP contribution in [0.3, 0.4) is 0 Å². The third-order valence-electron chi connectivity index (χ3n) is 4.07. The third kappa shape index (κ3) is 3.29. The average Bonchev–Trinajstić information content (AvgIpc) is 3.33. The zero-order valence-corrected chi connectivity index (χ0v) is 13.9. The van der Waals surface area contributed by atoms with Crippen LogP contribution in [0.1, 0.15) is 47.6 Å². The lowest BCUT2D eigenvalue weighted by molar-refractivity contribution is -0.123. The summed E-state index contributed by atoms with van der Waals surface area (Å²) >= 11 is 0. The van der Waals surface area contributed by atoms with Crippen molar-refractivity contribution in [2.75, 3.05) is 5.32 Å². The van der Waals surface area contributed by atoms with E-state index in [1.807, 2.05) is 19.9 Å². The van der Waals surface area contributed by atoms with E-state index in [9.17, 15) is 9.59 Å². The van der Waals surface area contributed by atoms with Crippen LogP contribution in [0.5, 0.6) is 0 Å². The quantitative estimate of drug-likeness (QED) is 0.852. The van der Waals surface area contributed by atoms with Crippen molar-refractivity contribution in [1.29, 1.82) is 0 Å². The summed E-state index contributed by atoms with van der Waals surface area (Å²) in [5, 5.41) is 2.51. The van der Waals surface area contributed by atoms with Gasteiger partial charge in [-0.2, -0.15) is 0 Å². The molecule has 0 saturated heterocycles. The van der Waals surface area contributed by atoms with Crippen molar-refractivity contribution in [3.63, 3.8) is 0 Å². The summed E-state index contributed by atoms with van der Waals surface area (Å²) in [6, 6.07) is 3.96. The number of nitrogens with one attached hydrogen (secondary N) is 1. The second kappa shape index (κ2) is 6.43. The van der Waals surface area contributed by atoms with E-state index < -0.39 is 18.0 Å². The number of rotatable bonds is 5. The molecule has 0 aliphatic heterocycles. The number of nitrogens with zero attached hydrogens (tertiary/aromatic N) is 3. The predicted octanol–water partition coefficient (Wildman–Crippen LogP) is 2.41. The molecular formula is C17H20N4O3. The maximum atomic E-state index is 12.4. The molecule has 0 radical (unpaired) electrons. The highest BCUT2D eigenvalue weighted by atomic mass is 16.5. The largest absolute Gasteiger partial charge is 0.449 e. The van der Waals surface area contributed by atoms with Crippen molar-refractivity contribution >= 4 is 17.8 Å². The number of hydrogen-bond donors (Lipinski definition) is 1. The van der Waals surface area contributed by atoms with Crippen molar-refractivity contribution in [2.45, 2.75) is 45.8 Å². The maximum Gasteiger partial charge on any atom is 0.340 e. The van der Waals surface area contributed by atoms with Gasteiger partial charge in [0.1, 0.15) is 0 Å². The summed E-state index contributed by atoms with van der Waals surface area (Å²) in [6.07, 6.45) is 4.38. The lowest BCUT2D eigenvalue weighted by Crippen LogP contribution is -2.30. The summed E-state index contributed by atoms with van der Waals surface area (Å²) in [5.74, 6) is -0.783. The minimum atomic E-state index is -0.940. The van der Waals surface area contributed by atoms with Crippen molar-refractivity contribution in [1.82, 2.24) is 14.5 Å². The van der Waals surface area contributed by atoms with Crippen molar-refractivity contribution in [2.24, 2.45) is 0 Å². The molecule has 1 saturated carbocycles. The molecule has 1 atom stereocenters. The molecule has 1 aliphatic rings. The van der Waals surface area contributed by atoms with Crippen LogP contribution < -0.4 is 5.32 Å². The van der Waals surface area contributed by atoms with Gasteiger partial charge < -0.3 is 9.30 Å². The van der Waals surface area contributed by atoms with Crippen molar-refractivity contribution in [3.05, 3.63) is 41.5 Å². The number of hydrogen-bond acceptors (Lipinski definition) is 5. The van der Waals surface area contributed by atoms with Gasteiger partial charge >= 0.3 is 5.97 Å². The Labute approximate surface area is 140 Å². The fraction of sp³-hybridized carbons (Fsp3) is 0.412. The van der Waals surface area contributed by atoms with E-state index >= 15 is 0 Å². The molecule has 1 aliphatic carbocycles. The molecule has 0 unspecified atom stereocenters. The van der Waals surface area contributed by atoms with Crippen LogP contribution in [0, 0.1) is 13.8 Å². The third-order valence-corrected chi connectivity index (χ3v) is 4.07. The Hall–Kier alpha value is -2.70. The molecule has 126 valence electrons. The molecule has 3 rings (SSSR count). The van der Waals surface area contributed by atoms with E-state index in [4.69, 9.17) is 4.74 Å². The number of aromatic nitrogens is 3. The van der Waals surface area contributed by atoms with Crippen LogP contribution >= 0.6 is 0 Å². The lowest BCUT2D eigenvalue weighted by atomic mass is 10.2. The van der Waals surface area contributed by atoms with Gasteiger partial charge in [0, 0.05) is 29.8 Å². The average molecular weight is 328 g/mol. The van der Waals surface area contributed by atoms with E-state index in [-0.39, 0.29) is 5.95 Å². The van der Waals surface area contributed by atoms with Crippen LogP contribution in [-0.2, 0) is 9.53 Å². The summed E-state index contributed by atoms with van der Waals surface area (Å²) in [4.78, 5) is 32.3. The Morgan fingerprint density at radius 1 is 1.29 bits per heavy atom. The lowest BCUT2D eigenvalue weighted by Gasteiger charge is -2.13.